The van der Waals surface area contributed by atoms with Gasteiger partial charge in [0.05, 0.1) is 12.5 Å². The van der Waals surface area contributed by atoms with E-state index in [0.717, 1.165) is 18.4 Å². The molecule has 1 aromatic rings. The van der Waals surface area contributed by atoms with Crippen LogP contribution in [0.1, 0.15) is 37.8 Å². The lowest BCUT2D eigenvalue weighted by Crippen LogP contribution is -2.33. The number of carbonyl (C=O) groups is 2. The summed E-state index contributed by atoms with van der Waals surface area (Å²) in [4.78, 5) is 23.2. The number of halogens is 2. The third kappa shape index (κ3) is 8.22. The third-order valence-electron chi connectivity index (χ3n) is 2.99. The van der Waals surface area contributed by atoms with Crippen LogP contribution in [0.15, 0.2) is 24.3 Å². The number of amides is 2. The van der Waals surface area contributed by atoms with Gasteiger partial charge in [-0.3, -0.25) is 9.59 Å². The van der Waals surface area contributed by atoms with Crippen molar-refractivity contribution in [2.75, 3.05) is 13.1 Å². The van der Waals surface area contributed by atoms with Crippen molar-refractivity contribution in [1.82, 2.24) is 10.6 Å². The highest BCUT2D eigenvalue weighted by atomic mass is 35.5. The molecule has 0 radical (unpaired) electrons. The molecule has 22 heavy (non-hydrogen) atoms. The second kappa shape index (κ2) is 11.3. The molecular formula is C15H23Cl2N3O2. The molecule has 0 saturated carbocycles. The molecule has 0 aliphatic heterocycles. The van der Waals surface area contributed by atoms with Gasteiger partial charge in [-0.15, -0.1) is 12.4 Å². The van der Waals surface area contributed by atoms with Crippen molar-refractivity contribution < 1.29 is 9.59 Å². The minimum atomic E-state index is -0.353. The van der Waals surface area contributed by atoms with E-state index in [1.807, 2.05) is 12.1 Å². The van der Waals surface area contributed by atoms with Crippen LogP contribution in [0.4, 0.5) is 0 Å². The Hall–Kier alpha value is -1.30. The largest absolute Gasteiger partial charge is 0.356 e. The zero-order chi connectivity index (χ0) is 15.7. The maximum Gasteiger partial charge on any atom is 0.222 e. The van der Waals surface area contributed by atoms with Crippen molar-refractivity contribution in [3.8, 4) is 0 Å². The first kappa shape index (κ1) is 20.7. The number of hydrogen-bond acceptors (Lipinski definition) is 3. The minimum absolute atomic E-state index is 0. The second-order valence-electron chi connectivity index (χ2n) is 4.85. The van der Waals surface area contributed by atoms with E-state index in [0.29, 0.717) is 18.1 Å². The monoisotopic (exact) mass is 347 g/mol. The molecule has 0 aliphatic carbocycles. The van der Waals surface area contributed by atoms with Crippen LogP contribution in [0, 0.1) is 0 Å². The Morgan fingerprint density at radius 3 is 2.41 bits per heavy atom. The molecule has 4 N–H and O–H groups in total. The van der Waals surface area contributed by atoms with Gasteiger partial charge in [-0.05, 0) is 37.1 Å². The summed E-state index contributed by atoms with van der Waals surface area (Å²) >= 11 is 5.85. The van der Waals surface area contributed by atoms with Gasteiger partial charge in [0.2, 0.25) is 11.8 Å². The molecular weight excluding hydrogens is 325 g/mol. The van der Waals surface area contributed by atoms with Crippen molar-refractivity contribution >= 4 is 35.8 Å². The summed E-state index contributed by atoms with van der Waals surface area (Å²) in [6, 6.07) is 6.75. The molecule has 7 heteroatoms. The van der Waals surface area contributed by atoms with Crippen molar-refractivity contribution in [2.45, 2.75) is 32.2 Å². The maximum atomic E-state index is 11.9. The van der Waals surface area contributed by atoms with Crippen LogP contribution < -0.4 is 16.4 Å². The van der Waals surface area contributed by atoms with Gasteiger partial charge in [0.1, 0.15) is 0 Å². The fraction of sp³-hybridized carbons (Fsp3) is 0.467. The minimum Gasteiger partial charge on any atom is -0.356 e. The topological polar surface area (TPSA) is 84.2 Å². The molecule has 5 nitrogen and oxygen atoms in total. The summed E-state index contributed by atoms with van der Waals surface area (Å²) in [6.45, 7) is 2.65. The van der Waals surface area contributed by atoms with E-state index in [2.05, 4.69) is 10.6 Å². The third-order valence-corrected chi connectivity index (χ3v) is 3.24. The first-order valence-corrected chi connectivity index (χ1v) is 7.40. The molecule has 124 valence electrons. The number of nitrogens with two attached hydrogens (primary N) is 1. The molecule has 1 rings (SSSR count). The molecule has 0 bridgehead atoms. The summed E-state index contributed by atoms with van der Waals surface area (Å²) in [5, 5.41) is 6.23. The Morgan fingerprint density at radius 1 is 1.23 bits per heavy atom. The Bertz CT molecular complexity index is 466. The van der Waals surface area contributed by atoms with Crippen molar-refractivity contribution in [3.63, 3.8) is 0 Å². The van der Waals surface area contributed by atoms with Crippen molar-refractivity contribution in [3.05, 3.63) is 34.9 Å². The molecule has 1 atom stereocenters. The first-order chi connectivity index (χ1) is 10.0. The van der Waals surface area contributed by atoms with Crippen LogP contribution in [0.2, 0.25) is 5.02 Å². The summed E-state index contributed by atoms with van der Waals surface area (Å²) in [5.74, 6) is -0.272. The predicted octanol–water partition coefficient (Wildman–Crippen LogP) is 2.18. The van der Waals surface area contributed by atoms with Gasteiger partial charge in [-0.2, -0.15) is 0 Å². The van der Waals surface area contributed by atoms with Gasteiger partial charge < -0.3 is 16.4 Å². The zero-order valence-corrected chi connectivity index (χ0v) is 14.2. The highest BCUT2D eigenvalue weighted by molar-refractivity contribution is 6.30. The standard InChI is InChI=1S/C15H22ClN3O2.ClH/c1-11(20)19-14(12-4-6-13(16)7-5-12)10-15(21)18-9-3-2-8-17;/h4-7,14H,2-3,8-10,17H2,1H3,(H,18,21)(H,19,20);1H. The first-order valence-electron chi connectivity index (χ1n) is 7.02. The van der Waals surface area contributed by atoms with Crippen molar-refractivity contribution in [1.29, 1.82) is 0 Å². The zero-order valence-electron chi connectivity index (χ0n) is 12.6. The Morgan fingerprint density at radius 2 is 1.86 bits per heavy atom. The molecule has 0 heterocycles. The van der Waals surface area contributed by atoms with E-state index in [1.165, 1.54) is 6.92 Å². The van der Waals surface area contributed by atoms with Gasteiger partial charge in [0.15, 0.2) is 0 Å². The Balaban J connectivity index is 0.00000441. The van der Waals surface area contributed by atoms with Gasteiger partial charge in [0, 0.05) is 18.5 Å². The molecule has 1 aromatic carbocycles. The lowest BCUT2D eigenvalue weighted by atomic mass is 10.0. The van der Waals surface area contributed by atoms with Gasteiger partial charge in [-0.25, -0.2) is 0 Å². The molecule has 1 unspecified atom stereocenters. The average molecular weight is 348 g/mol. The smallest absolute Gasteiger partial charge is 0.222 e. The van der Waals surface area contributed by atoms with Crippen molar-refractivity contribution in [2.24, 2.45) is 5.73 Å². The number of rotatable bonds is 8. The molecule has 0 saturated heterocycles. The maximum absolute atomic E-state index is 11.9. The SMILES string of the molecule is CC(=O)NC(CC(=O)NCCCCN)c1ccc(Cl)cc1.Cl. The number of unbranched alkanes of at least 4 members (excludes halogenated alkanes) is 1. The molecule has 0 fully saturated rings. The lowest BCUT2D eigenvalue weighted by molar-refractivity contribution is -0.122. The average Bonchev–Trinajstić information content (AvgIpc) is 2.43. The van der Waals surface area contributed by atoms with Crippen LogP contribution in [0.5, 0.6) is 0 Å². The Labute approximate surface area is 142 Å². The van der Waals surface area contributed by atoms with E-state index in [9.17, 15) is 9.59 Å². The molecule has 0 aliphatic rings. The molecule has 0 spiro atoms. The van der Waals surface area contributed by atoms with E-state index in [-0.39, 0.29) is 36.7 Å². The summed E-state index contributed by atoms with van der Waals surface area (Å²) in [5.41, 5.74) is 6.25. The van der Waals surface area contributed by atoms with E-state index in [1.54, 1.807) is 12.1 Å². The predicted molar refractivity (Wildman–Crippen MR) is 91.2 cm³/mol. The highest BCUT2D eigenvalue weighted by Gasteiger charge is 2.16. The van der Waals surface area contributed by atoms with Gasteiger partial charge in [-0.1, -0.05) is 23.7 Å². The normalized spacial score (nSPS) is 11.2. The Kier molecular flexibility index (Phi) is 10.6. The second-order valence-corrected chi connectivity index (χ2v) is 5.29. The van der Waals surface area contributed by atoms with Crippen LogP contribution in [0.25, 0.3) is 0 Å². The fourth-order valence-corrected chi connectivity index (χ4v) is 2.07. The van der Waals surface area contributed by atoms with E-state index in [4.69, 9.17) is 17.3 Å². The number of nitrogens with one attached hydrogen (secondary N) is 2. The summed E-state index contributed by atoms with van der Waals surface area (Å²) in [6.07, 6.45) is 1.93. The number of hydrogen-bond donors (Lipinski definition) is 3. The van der Waals surface area contributed by atoms with Gasteiger partial charge >= 0.3 is 0 Å². The molecule has 0 aromatic heterocycles. The lowest BCUT2D eigenvalue weighted by Gasteiger charge is -2.18. The van der Waals surface area contributed by atoms with E-state index >= 15 is 0 Å². The van der Waals surface area contributed by atoms with Crippen LogP contribution >= 0.6 is 24.0 Å². The molecule has 2 amide bonds. The number of benzene rings is 1. The summed E-state index contributed by atoms with van der Waals surface area (Å²) in [7, 11) is 0. The van der Waals surface area contributed by atoms with Gasteiger partial charge in [0.25, 0.3) is 0 Å². The number of carbonyl (C=O) groups excluding carboxylic acids is 2. The van der Waals surface area contributed by atoms with Crippen LogP contribution in [0.3, 0.4) is 0 Å². The van der Waals surface area contributed by atoms with Crippen LogP contribution in [-0.2, 0) is 9.59 Å². The van der Waals surface area contributed by atoms with E-state index < -0.39 is 0 Å². The highest BCUT2D eigenvalue weighted by Crippen LogP contribution is 2.19. The summed E-state index contributed by atoms with van der Waals surface area (Å²) < 4.78 is 0. The fourth-order valence-electron chi connectivity index (χ4n) is 1.95. The van der Waals surface area contributed by atoms with Crippen LogP contribution in [-0.4, -0.2) is 24.9 Å². The quantitative estimate of drug-likeness (QED) is 0.630.